The van der Waals surface area contributed by atoms with E-state index in [1.165, 1.54) is 4.90 Å². The van der Waals surface area contributed by atoms with Crippen molar-refractivity contribution in [2.45, 2.75) is 32.4 Å². The quantitative estimate of drug-likeness (QED) is 0.847. The molecule has 0 bridgehead atoms. The van der Waals surface area contributed by atoms with Crippen LogP contribution in [0.2, 0.25) is 0 Å². The molecule has 0 saturated carbocycles. The van der Waals surface area contributed by atoms with Gasteiger partial charge in [0.25, 0.3) is 5.91 Å². The molecule has 2 heterocycles. The first-order valence-corrected chi connectivity index (χ1v) is 8.35. The fraction of sp³-hybridized carbons (Fsp3) is 0.316. The van der Waals surface area contributed by atoms with Crippen LogP contribution in [0.25, 0.3) is 0 Å². The zero-order valence-corrected chi connectivity index (χ0v) is 14.9. The second-order valence-electron chi connectivity index (χ2n) is 6.42. The van der Waals surface area contributed by atoms with Crippen LogP contribution in [-0.2, 0) is 14.3 Å². The van der Waals surface area contributed by atoms with Gasteiger partial charge < -0.3 is 15.2 Å². The average Bonchev–Trinajstić information content (AvgIpc) is 2.61. The summed E-state index contributed by atoms with van der Waals surface area (Å²) in [7, 11) is 0. The van der Waals surface area contributed by atoms with Gasteiger partial charge in [0.15, 0.2) is 11.6 Å². The molecule has 26 heavy (non-hydrogen) atoms. The zero-order valence-electron chi connectivity index (χ0n) is 14.9. The molecule has 0 radical (unpaired) electrons. The summed E-state index contributed by atoms with van der Waals surface area (Å²) in [5.74, 6) is -0.120. The number of amides is 1. The van der Waals surface area contributed by atoms with E-state index in [0.717, 1.165) is 0 Å². The molecule has 0 saturated heterocycles. The van der Waals surface area contributed by atoms with Gasteiger partial charge in [-0.1, -0.05) is 30.3 Å². The van der Waals surface area contributed by atoms with E-state index in [4.69, 9.17) is 15.2 Å². The molecule has 7 nitrogen and oxygen atoms in total. The van der Waals surface area contributed by atoms with Gasteiger partial charge in [-0.05, 0) is 32.9 Å². The molecular formula is C19H21N3O4. The molecule has 136 valence electrons. The van der Waals surface area contributed by atoms with Crippen molar-refractivity contribution in [1.29, 1.82) is 0 Å². The molecule has 7 heteroatoms. The Morgan fingerprint density at radius 2 is 1.96 bits per heavy atom. The van der Waals surface area contributed by atoms with Gasteiger partial charge in [-0.25, -0.2) is 9.78 Å². The van der Waals surface area contributed by atoms with E-state index in [1.54, 1.807) is 45.0 Å². The second kappa shape index (κ2) is 6.67. The highest BCUT2D eigenvalue weighted by Crippen LogP contribution is 2.41. The minimum absolute atomic E-state index is 0.208. The highest BCUT2D eigenvalue weighted by atomic mass is 16.5. The highest BCUT2D eigenvalue weighted by Gasteiger charge is 2.48. The molecule has 2 N–H and O–H groups in total. The van der Waals surface area contributed by atoms with Crippen LogP contribution in [0.1, 0.15) is 32.4 Å². The third kappa shape index (κ3) is 2.96. The van der Waals surface area contributed by atoms with Crippen molar-refractivity contribution in [2.24, 2.45) is 0 Å². The Hall–Kier alpha value is -3.09. The number of benzene rings is 1. The topological polar surface area (TPSA) is 94.8 Å². The lowest BCUT2D eigenvalue weighted by molar-refractivity contribution is -0.150. The predicted octanol–water partition coefficient (Wildman–Crippen LogP) is 2.47. The SMILES string of the molecule is CCOC(=O)C(C)(C)N1C(=O)C(c2ccccc2)Oc2ccc(N)nc21. The van der Waals surface area contributed by atoms with Gasteiger partial charge in [-0.3, -0.25) is 9.69 Å². The lowest BCUT2D eigenvalue weighted by atomic mass is 9.98. The number of rotatable bonds is 4. The maximum atomic E-state index is 13.3. The average molecular weight is 355 g/mol. The number of fused-ring (bicyclic) bond motifs is 1. The molecule has 1 amide bonds. The van der Waals surface area contributed by atoms with Crippen LogP contribution in [-0.4, -0.2) is 29.0 Å². The monoisotopic (exact) mass is 355 g/mol. The fourth-order valence-corrected chi connectivity index (χ4v) is 2.88. The van der Waals surface area contributed by atoms with Crippen LogP contribution in [0.15, 0.2) is 42.5 Å². The Labute approximate surface area is 151 Å². The third-order valence-electron chi connectivity index (χ3n) is 4.20. The molecular weight excluding hydrogens is 334 g/mol. The minimum atomic E-state index is -1.28. The summed E-state index contributed by atoms with van der Waals surface area (Å²) in [6.07, 6.45) is -0.886. The standard InChI is InChI=1S/C19H21N3O4/c1-4-25-18(24)19(2,3)22-16-13(10-11-14(20)21-16)26-15(17(22)23)12-8-6-5-7-9-12/h5-11,15H,4H2,1-3H3,(H2,20,21). The fourth-order valence-electron chi connectivity index (χ4n) is 2.88. The molecule has 3 rings (SSSR count). The summed E-state index contributed by atoms with van der Waals surface area (Å²) in [6.45, 7) is 5.15. The predicted molar refractivity (Wildman–Crippen MR) is 96.7 cm³/mol. The Morgan fingerprint density at radius 3 is 2.62 bits per heavy atom. The van der Waals surface area contributed by atoms with E-state index in [0.29, 0.717) is 11.3 Å². The summed E-state index contributed by atoms with van der Waals surface area (Å²) in [5.41, 5.74) is 5.20. The molecule has 1 aromatic heterocycles. The number of carbonyl (C=O) groups excluding carboxylic acids is 2. The molecule has 1 aliphatic heterocycles. The van der Waals surface area contributed by atoms with Crippen LogP contribution in [0, 0.1) is 0 Å². The number of anilines is 2. The van der Waals surface area contributed by atoms with Crippen LogP contribution in [0.5, 0.6) is 5.75 Å². The van der Waals surface area contributed by atoms with Crippen molar-refractivity contribution in [3.05, 3.63) is 48.0 Å². The first kappa shape index (κ1) is 17.7. The number of nitrogens with two attached hydrogens (primary N) is 1. The summed E-state index contributed by atoms with van der Waals surface area (Å²) >= 11 is 0. The lowest BCUT2D eigenvalue weighted by Crippen LogP contribution is -2.58. The van der Waals surface area contributed by atoms with Crippen LogP contribution < -0.4 is 15.4 Å². The Bertz CT molecular complexity index is 836. The van der Waals surface area contributed by atoms with E-state index in [-0.39, 0.29) is 18.2 Å². The molecule has 0 spiro atoms. The molecule has 0 fully saturated rings. The number of pyridine rings is 1. The van der Waals surface area contributed by atoms with Gasteiger partial charge in [-0.2, -0.15) is 0 Å². The largest absolute Gasteiger partial charge is 0.472 e. The first-order valence-electron chi connectivity index (χ1n) is 8.35. The summed E-state index contributed by atoms with van der Waals surface area (Å²) in [5, 5.41) is 0. The number of aromatic nitrogens is 1. The van der Waals surface area contributed by atoms with E-state index in [2.05, 4.69) is 4.98 Å². The van der Waals surface area contributed by atoms with Crippen LogP contribution in [0.4, 0.5) is 11.6 Å². The zero-order chi connectivity index (χ0) is 18.9. The summed E-state index contributed by atoms with van der Waals surface area (Å²) < 4.78 is 11.1. The van der Waals surface area contributed by atoms with Crippen molar-refractivity contribution in [3.8, 4) is 5.75 Å². The van der Waals surface area contributed by atoms with Crippen molar-refractivity contribution < 1.29 is 19.1 Å². The maximum absolute atomic E-state index is 13.3. The van der Waals surface area contributed by atoms with Gasteiger partial charge in [0.05, 0.1) is 6.61 Å². The lowest BCUT2D eigenvalue weighted by Gasteiger charge is -2.41. The number of hydrogen-bond acceptors (Lipinski definition) is 6. The van der Waals surface area contributed by atoms with Gasteiger partial charge >= 0.3 is 5.97 Å². The summed E-state index contributed by atoms with van der Waals surface area (Å²) in [6, 6.07) is 12.3. The van der Waals surface area contributed by atoms with Crippen molar-refractivity contribution in [3.63, 3.8) is 0 Å². The van der Waals surface area contributed by atoms with Crippen molar-refractivity contribution in [1.82, 2.24) is 4.98 Å². The number of hydrogen-bond donors (Lipinski definition) is 1. The van der Waals surface area contributed by atoms with E-state index < -0.39 is 23.5 Å². The first-order chi connectivity index (χ1) is 12.4. The number of carbonyl (C=O) groups is 2. The number of nitrogens with zero attached hydrogens (tertiary/aromatic N) is 2. The smallest absolute Gasteiger partial charge is 0.331 e. The molecule has 2 aromatic rings. The van der Waals surface area contributed by atoms with Crippen LogP contribution in [0.3, 0.4) is 0 Å². The van der Waals surface area contributed by atoms with Gasteiger partial charge in [-0.15, -0.1) is 0 Å². The van der Waals surface area contributed by atoms with Gasteiger partial charge in [0, 0.05) is 5.56 Å². The normalized spacial score (nSPS) is 16.7. The molecule has 1 unspecified atom stereocenters. The molecule has 1 aliphatic rings. The van der Waals surface area contributed by atoms with Crippen molar-refractivity contribution >= 4 is 23.5 Å². The number of esters is 1. The molecule has 1 atom stereocenters. The molecule has 0 aliphatic carbocycles. The number of nitrogen functional groups attached to an aromatic ring is 1. The Kier molecular flexibility index (Phi) is 4.54. The maximum Gasteiger partial charge on any atom is 0.331 e. The second-order valence-corrected chi connectivity index (χ2v) is 6.42. The van der Waals surface area contributed by atoms with Crippen molar-refractivity contribution in [2.75, 3.05) is 17.2 Å². The Morgan fingerprint density at radius 1 is 1.27 bits per heavy atom. The van der Waals surface area contributed by atoms with Gasteiger partial charge in [0.2, 0.25) is 6.10 Å². The summed E-state index contributed by atoms with van der Waals surface area (Å²) in [4.78, 5) is 31.3. The van der Waals surface area contributed by atoms with Crippen LogP contribution >= 0.6 is 0 Å². The van der Waals surface area contributed by atoms with E-state index in [1.807, 2.05) is 18.2 Å². The number of ether oxygens (including phenoxy) is 2. The van der Waals surface area contributed by atoms with E-state index >= 15 is 0 Å². The Balaban J connectivity index is 2.13. The molecule has 1 aromatic carbocycles. The highest BCUT2D eigenvalue weighted by molar-refractivity contribution is 6.05. The third-order valence-corrected chi connectivity index (χ3v) is 4.20. The minimum Gasteiger partial charge on any atom is -0.472 e. The van der Waals surface area contributed by atoms with Gasteiger partial charge in [0.1, 0.15) is 11.4 Å². The van der Waals surface area contributed by atoms with E-state index in [9.17, 15) is 9.59 Å².